The standard InChI is InChI=1S/C11H12N2O6/c1-6(19-11(12)14)7-4-9-10(18-3-2-17-9)5-8(7)13(15)16/h4-6H,2-3H2,1H3,(H2,12,14). The molecule has 2 rings (SSSR count). The van der Waals surface area contributed by atoms with Crippen LogP contribution in [-0.2, 0) is 4.74 Å². The van der Waals surface area contributed by atoms with Gasteiger partial charge in [0.05, 0.1) is 16.6 Å². The molecule has 1 heterocycles. The number of rotatable bonds is 3. The average molecular weight is 268 g/mol. The first-order valence-electron chi connectivity index (χ1n) is 5.53. The Hall–Kier alpha value is -2.51. The van der Waals surface area contributed by atoms with Gasteiger partial charge in [-0.1, -0.05) is 0 Å². The van der Waals surface area contributed by atoms with Gasteiger partial charge in [-0.05, 0) is 13.0 Å². The minimum Gasteiger partial charge on any atom is -0.486 e. The van der Waals surface area contributed by atoms with Crippen LogP contribution in [0.25, 0.3) is 0 Å². The third-order valence-corrected chi connectivity index (χ3v) is 2.62. The van der Waals surface area contributed by atoms with Crippen LogP contribution in [0.4, 0.5) is 10.5 Å². The molecule has 0 fully saturated rings. The summed E-state index contributed by atoms with van der Waals surface area (Å²) in [7, 11) is 0. The molecule has 0 aromatic heterocycles. The molecular formula is C11H12N2O6. The van der Waals surface area contributed by atoms with Crippen LogP contribution in [0.15, 0.2) is 12.1 Å². The normalized spacial score (nSPS) is 14.6. The molecular weight excluding hydrogens is 256 g/mol. The van der Waals surface area contributed by atoms with E-state index in [0.29, 0.717) is 24.7 Å². The minimum absolute atomic E-state index is 0.202. The molecule has 1 amide bonds. The Morgan fingerprint density at radius 2 is 2.00 bits per heavy atom. The Balaban J connectivity index is 2.45. The van der Waals surface area contributed by atoms with Gasteiger partial charge in [0.25, 0.3) is 5.69 Å². The van der Waals surface area contributed by atoms with Gasteiger partial charge in [0.15, 0.2) is 11.5 Å². The molecule has 8 heteroatoms. The van der Waals surface area contributed by atoms with Gasteiger partial charge in [0.1, 0.15) is 19.3 Å². The quantitative estimate of drug-likeness (QED) is 0.656. The second-order valence-corrected chi connectivity index (χ2v) is 3.89. The molecule has 1 aliphatic rings. The van der Waals surface area contributed by atoms with E-state index in [9.17, 15) is 14.9 Å². The SMILES string of the molecule is CC(OC(N)=O)c1cc2c(cc1[N+](=O)[O-])OCCO2. The third-order valence-electron chi connectivity index (χ3n) is 2.62. The summed E-state index contributed by atoms with van der Waals surface area (Å²) in [6, 6.07) is 2.69. The highest BCUT2D eigenvalue weighted by atomic mass is 16.6. The summed E-state index contributed by atoms with van der Waals surface area (Å²) in [5, 5.41) is 11.0. The van der Waals surface area contributed by atoms with E-state index in [1.165, 1.54) is 19.1 Å². The molecule has 0 saturated heterocycles. The van der Waals surface area contributed by atoms with Crippen LogP contribution in [0.5, 0.6) is 11.5 Å². The number of fused-ring (bicyclic) bond motifs is 1. The molecule has 1 unspecified atom stereocenters. The highest BCUT2D eigenvalue weighted by molar-refractivity contribution is 5.65. The molecule has 8 nitrogen and oxygen atoms in total. The van der Waals surface area contributed by atoms with Crippen LogP contribution in [0, 0.1) is 10.1 Å². The number of hydrogen-bond acceptors (Lipinski definition) is 6. The Morgan fingerprint density at radius 3 is 2.53 bits per heavy atom. The van der Waals surface area contributed by atoms with Crippen LogP contribution in [0.3, 0.4) is 0 Å². The first kappa shape index (κ1) is 12.9. The van der Waals surface area contributed by atoms with Crippen molar-refractivity contribution in [2.75, 3.05) is 13.2 Å². The molecule has 0 radical (unpaired) electrons. The fraction of sp³-hybridized carbons (Fsp3) is 0.364. The number of amides is 1. The fourth-order valence-corrected chi connectivity index (χ4v) is 1.82. The summed E-state index contributed by atoms with van der Waals surface area (Å²) in [5.74, 6) is 0.680. The zero-order valence-corrected chi connectivity index (χ0v) is 10.1. The van der Waals surface area contributed by atoms with Gasteiger partial charge in [0.2, 0.25) is 0 Å². The largest absolute Gasteiger partial charge is 0.486 e. The second-order valence-electron chi connectivity index (χ2n) is 3.89. The minimum atomic E-state index is -1.00. The molecule has 102 valence electrons. The van der Waals surface area contributed by atoms with Crippen LogP contribution in [0.2, 0.25) is 0 Å². The first-order chi connectivity index (χ1) is 8.99. The van der Waals surface area contributed by atoms with E-state index in [2.05, 4.69) is 0 Å². The number of ether oxygens (including phenoxy) is 3. The number of nitro groups is 1. The van der Waals surface area contributed by atoms with Gasteiger partial charge in [0, 0.05) is 0 Å². The summed E-state index contributed by atoms with van der Waals surface area (Å²) in [6.45, 7) is 2.18. The van der Waals surface area contributed by atoms with Gasteiger partial charge >= 0.3 is 6.09 Å². The number of hydrogen-bond donors (Lipinski definition) is 1. The van der Waals surface area contributed by atoms with Crippen LogP contribution < -0.4 is 15.2 Å². The summed E-state index contributed by atoms with van der Waals surface area (Å²) >= 11 is 0. The van der Waals surface area contributed by atoms with Crippen molar-refractivity contribution in [2.24, 2.45) is 5.73 Å². The number of primary amides is 1. The summed E-state index contributed by atoms with van der Waals surface area (Å²) in [6.07, 6.45) is -1.86. The zero-order chi connectivity index (χ0) is 14.0. The lowest BCUT2D eigenvalue weighted by Crippen LogP contribution is -2.18. The highest BCUT2D eigenvalue weighted by Crippen LogP contribution is 2.39. The molecule has 0 aliphatic carbocycles. The van der Waals surface area contributed by atoms with E-state index in [1.807, 2.05) is 0 Å². The maximum absolute atomic E-state index is 11.0. The van der Waals surface area contributed by atoms with E-state index in [-0.39, 0.29) is 11.3 Å². The van der Waals surface area contributed by atoms with Gasteiger partial charge in [-0.2, -0.15) is 0 Å². The van der Waals surface area contributed by atoms with Crippen molar-refractivity contribution in [3.8, 4) is 11.5 Å². The van der Waals surface area contributed by atoms with Crippen molar-refractivity contribution in [2.45, 2.75) is 13.0 Å². The topological polar surface area (TPSA) is 114 Å². The maximum Gasteiger partial charge on any atom is 0.405 e. The Kier molecular flexibility index (Phi) is 3.41. The molecule has 0 saturated carbocycles. The lowest BCUT2D eigenvalue weighted by Gasteiger charge is -2.20. The van der Waals surface area contributed by atoms with Gasteiger partial charge in [-0.15, -0.1) is 0 Å². The summed E-state index contributed by atoms with van der Waals surface area (Å²) < 4.78 is 15.4. The van der Waals surface area contributed by atoms with Crippen molar-refractivity contribution in [1.29, 1.82) is 0 Å². The number of benzene rings is 1. The Bertz CT molecular complexity index is 530. The molecule has 1 aliphatic heterocycles. The van der Waals surface area contributed by atoms with E-state index < -0.39 is 17.1 Å². The smallest absolute Gasteiger partial charge is 0.405 e. The maximum atomic E-state index is 11.0. The van der Waals surface area contributed by atoms with Gasteiger partial charge in [-0.25, -0.2) is 4.79 Å². The van der Waals surface area contributed by atoms with Crippen molar-refractivity contribution in [1.82, 2.24) is 0 Å². The third kappa shape index (κ3) is 2.67. The van der Waals surface area contributed by atoms with Crippen LogP contribution >= 0.6 is 0 Å². The second kappa shape index (κ2) is 5.01. The summed E-state index contributed by atoms with van der Waals surface area (Å²) in [5.41, 5.74) is 4.90. The summed E-state index contributed by atoms with van der Waals surface area (Å²) in [4.78, 5) is 21.2. The van der Waals surface area contributed by atoms with E-state index in [1.54, 1.807) is 0 Å². The predicted octanol–water partition coefficient (Wildman–Crippen LogP) is 1.52. The van der Waals surface area contributed by atoms with E-state index in [0.717, 1.165) is 0 Å². The van der Waals surface area contributed by atoms with Crippen molar-refractivity contribution >= 4 is 11.8 Å². The molecule has 2 N–H and O–H groups in total. The van der Waals surface area contributed by atoms with Crippen LogP contribution in [0.1, 0.15) is 18.6 Å². The Labute approximate surface area is 108 Å². The Morgan fingerprint density at radius 1 is 1.42 bits per heavy atom. The van der Waals surface area contributed by atoms with Crippen molar-refractivity contribution in [3.05, 3.63) is 27.8 Å². The zero-order valence-electron chi connectivity index (χ0n) is 10.1. The average Bonchev–Trinajstić information content (AvgIpc) is 2.36. The highest BCUT2D eigenvalue weighted by Gasteiger charge is 2.26. The number of nitrogens with two attached hydrogens (primary N) is 1. The van der Waals surface area contributed by atoms with E-state index >= 15 is 0 Å². The number of carbonyl (C=O) groups is 1. The van der Waals surface area contributed by atoms with Gasteiger partial charge < -0.3 is 19.9 Å². The van der Waals surface area contributed by atoms with Crippen LogP contribution in [-0.4, -0.2) is 24.2 Å². The molecule has 1 atom stereocenters. The van der Waals surface area contributed by atoms with Crippen molar-refractivity contribution in [3.63, 3.8) is 0 Å². The first-order valence-corrected chi connectivity index (χ1v) is 5.53. The predicted molar refractivity (Wildman–Crippen MR) is 63.2 cm³/mol. The van der Waals surface area contributed by atoms with Crippen molar-refractivity contribution < 1.29 is 23.9 Å². The lowest BCUT2D eigenvalue weighted by atomic mass is 10.1. The molecule has 0 spiro atoms. The number of nitrogens with zero attached hydrogens (tertiary/aromatic N) is 1. The van der Waals surface area contributed by atoms with E-state index in [4.69, 9.17) is 19.9 Å². The number of nitro benzene ring substituents is 1. The monoisotopic (exact) mass is 268 g/mol. The molecule has 1 aromatic rings. The van der Waals surface area contributed by atoms with Gasteiger partial charge in [-0.3, -0.25) is 10.1 Å². The fourth-order valence-electron chi connectivity index (χ4n) is 1.82. The number of carbonyl (C=O) groups excluding carboxylic acids is 1. The molecule has 1 aromatic carbocycles. The molecule has 19 heavy (non-hydrogen) atoms. The molecule has 0 bridgehead atoms. The lowest BCUT2D eigenvalue weighted by molar-refractivity contribution is -0.386.